The highest BCUT2D eigenvalue weighted by atomic mass is 32.1. The van der Waals surface area contributed by atoms with E-state index in [2.05, 4.69) is 40.5 Å². The summed E-state index contributed by atoms with van der Waals surface area (Å²) in [5, 5.41) is 26.1. The molecule has 1 N–H and O–H groups in total. The summed E-state index contributed by atoms with van der Waals surface area (Å²) in [4.78, 5) is 27.3. The molecule has 1 amide bonds. The van der Waals surface area contributed by atoms with Crippen LogP contribution in [0.3, 0.4) is 0 Å². The number of aromatic nitrogens is 5. The fourth-order valence-electron chi connectivity index (χ4n) is 5.02. The lowest BCUT2D eigenvalue weighted by molar-refractivity contribution is -0.159. The Bertz CT molecular complexity index is 1790. The van der Waals surface area contributed by atoms with Crippen molar-refractivity contribution in [2.75, 3.05) is 23.3 Å². The van der Waals surface area contributed by atoms with Gasteiger partial charge in [-0.15, -0.1) is 31.7 Å². The Labute approximate surface area is 254 Å². The van der Waals surface area contributed by atoms with Gasteiger partial charge in [0.25, 0.3) is 0 Å². The average Bonchev–Trinajstić information content (AvgIpc) is 3.73. The fraction of sp³-hybridized carbons (Fsp3) is 0.300. The average molecular weight is 620 g/mol. The first-order valence-corrected chi connectivity index (χ1v) is 14.7. The molecule has 0 spiro atoms. The van der Waals surface area contributed by atoms with Crippen LogP contribution < -0.4 is 15.0 Å². The van der Waals surface area contributed by atoms with Gasteiger partial charge in [-0.05, 0) is 48.4 Å². The molecule has 3 aromatic heterocycles. The van der Waals surface area contributed by atoms with Gasteiger partial charge in [0.05, 0.1) is 25.0 Å². The molecule has 226 valence electrons. The number of ether oxygens (including phenoxy) is 1. The van der Waals surface area contributed by atoms with Crippen LogP contribution in [0, 0.1) is 0 Å². The van der Waals surface area contributed by atoms with E-state index in [1.807, 2.05) is 24.3 Å². The molecule has 6 rings (SSSR count). The number of carbonyl (C=O) groups is 2. The number of para-hydroxylation sites is 1. The Kier molecular flexibility index (Phi) is 8.24. The number of fused-ring (bicyclic) bond motifs is 1. The number of nitrogens with one attached hydrogen (secondary N) is 1. The van der Waals surface area contributed by atoms with Crippen LogP contribution >= 0.6 is 11.3 Å². The maximum Gasteiger partial charge on any atom is 0.394 e. The summed E-state index contributed by atoms with van der Waals surface area (Å²) < 4.78 is 36.1. The van der Waals surface area contributed by atoms with E-state index in [-0.39, 0.29) is 48.4 Å². The molecule has 4 heterocycles. The maximum atomic E-state index is 13.1. The number of hydrogen-bond acceptors (Lipinski definition) is 11. The lowest BCUT2D eigenvalue weighted by atomic mass is 10.1. The first-order valence-electron chi connectivity index (χ1n) is 13.9. The first-order chi connectivity index (χ1) is 21.2. The highest BCUT2D eigenvalue weighted by molar-refractivity contribution is 7.11. The van der Waals surface area contributed by atoms with E-state index in [4.69, 9.17) is 4.52 Å². The zero-order chi connectivity index (χ0) is 30.7. The van der Waals surface area contributed by atoms with Crippen molar-refractivity contribution in [3.63, 3.8) is 0 Å². The maximum absolute atomic E-state index is 13.1. The SMILES string of the molecule is CC(F)(F)Oc1cccc(CC(=O)Nc2ccc(N3CCC(c4nnc(CC(=O)Cc5noc6ccccc56)s4)C3)nn2)c1. The summed E-state index contributed by atoms with van der Waals surface area (Å²) in [6, 6.07) is 16.9. The van der Waals surface area contributed by atoms with E-state index in [1.54, 1.807) is 24.3 Å². The second-order valence-electron chi connectivity index (χ2n) is 10.5. The number of halogens is 2. The minimum Gasteiger partial charge on any atom is -0.433 e. The molecule has 1 aliphatic heterocycles. The Hall–Kier alpha value is -4.85. The summed E-state index contributed by atoms with van der Waals surface area (Å²) in [6.07, 6.45) is -2.16. The van der Waals surface area contributed by atoms with Crippen LogP contribution in [0.2, 0.25) is 0 Å². The van der Waals surface area contributed by atoms with Crippen molar-refractivity contribution in [3.05, 3.63) is 81.9 Å². The van der Waals surface area contributed by atoms with Gasteiger partial charge in [0, 0.05) is 31.3 Å². The van der Waals surface area contributed by atoms with Crippen molar-refractivity contribution in [2.45, 2.75) is 44.6 Å². The standard InChI is InChI=1S/C30H27F2N7O4S/c1-30(31,32)42-21-6-4-5-18(13-21)14-27(41)33-25-9-10-26(35-34-25)39-12-11-19(17-39)29-37-36-28(44-29)16-20(40)15-23-22-7-2-3-8-24(22)43-38-23/h2-10,13,19H,11-12,14-17H2,1H3,(H,33,34,41). The number of alkyl halides is 2. The molecule has 0 bridgehead atoms. The summed E-state index contributed by atoms with van der Waals surface area (Å²) in [7, 11) is 0. The number of Topliss-reactive ketones (excluding diaryl/α,β-unsaturated/α-hetero) is 1. The van der Waals surface area contributed by atoms with Crippen molar-refractivity contribution >= 4 is 45.6 Å². The van der Waals surface area contributed by atoms with Crippen molar-refractivity contribution < 1.29 is 27.6 Å². The van der Waals surface area contributed by atoms with Crippen molar-refractivity contribution in [1.29, 1.82) is 0 Å². The van der Waals surface area contributed by atoms with Crippen LogP contribution in [-0.4, -0.2) is 56.4 Å². The molecule has 1 aliphatic rings. The number of carbonyl (C=O) groups excluding carboxylic acids is 2. The molecule has 44 heavy (non-hydrogen) atoms. The number of benzene rings is 2. The molecule has 1 atom stereocenters. The Morgan fingerprint density at radius 3 is 2.73 bits per heavy atom. The minimum absolute atomic E-state index is 0.00839. The second-order valence-corrected chi connectivity index (χ2v) is 11.6. The molecule has 1 fully saturated rings. The summed E-state index contributed by atoms with van der Waals surface area (Å²) in [5.74, 6) is 0.685. The Balaban J connectivity index is 0.994. The van der Waals surface area contributed by atoms with E-state index >= 15 is 0 Å². The number of amides is 1. The predicted molar refractivity (Wildman–Crippen MR) is 158 cm³/mol. The monoisotopic (exact) mass is 619 g/mol. The van der Waals surface area contributed by atoms with Gasteiger partial charge < -0.3 is 19.5 Å². The molecule has 1 saturated heterocycles. The van der Waals surface area contributed by atoms with Gasteiger partial charge in [-0.3, -0.25) is 9.59 Å². The second kappa shape index (κ2) is 12.4. The third-order valence-electron chi connectivity index (χ3n) is 6.99. The Morgan fingerprint density at radius 2 is 1.91 bits per heavy atom. The zero-order valence-corrected chi connectivity index (χ0v) is 24.4. The quantitative estimate of drug-likeness (QED) is 0.215. The van der Waals surface area contributed by atoms with Crippen LogP contribution in [0.25, 0.3) is 11.0 Å². The van der Waals surface area contributed by atoms with Gasteiger partial charge in [0.1, 0.15) is 21.5 Å². The minimum atomic E-state index is -3.32. The molecule has 14 heteroatoms. The molecule has 0 saturated carbocycles. The number of anilines is 2. The predicted octanol–water partition coefficient (Wildman–Crippen LogP) is 4.99. The van der Waals surface area contributed by atoms with Crippen molar-refractivity contribution in [2.24, 2.45) is 0 Å². The summed E-state index contributed by atoms with van der Waals surface area (Å²) in [6.45, 7) is 2.06. The molecule has 1 unspecified atom stereocenters. The van der Waals surface area contributed by atoms with E-state index in [9.17, 15) is 18.4 Å². The summed E-state index contributed by atoms with van der Waals surface area (Å²) in [5.41, 5.74) is 1.79. The van der Waals surface area contributed by atoms with Crippen LogP contribution in [0.4, 0.5) is 20.4 Å². The van der Waals surface area contributed by atoms with E-state index in [0.717, 1.165) is 23.4 Å². The number of rotatable bonds is 11. The van der Waals surface area contributed by atoms with E-state index in [0.29, 0.717) is 41.1 Å². The van der Waals surface area contributed by atoms with Crippen molar-refractivity contribution in [1.82, 2.24) is 25.6 Å². The van der Waals surface area contributed by atoms with Crippen LogP contribution in [-0.2, 0) is 28.9 Å². The van der Waals surface area contributed by atoms with Crippen LogP contribution in [0.15, 0.2) is 65.2 Å². The third kappa shape index (κ3) is 7.19. The lowest BCUT2D eigenvalue weighted by Crippen LogP contribution is -2.21. The lowest BCUT2D eigenvalue weighted by Gasteiger charge is -2.16. The van der Waals surface area contributed by atoms with Gasteiger partial charge in [0.2, 0.25) is 5.91 Å². The highest BCUT2D eigenvalue weighted by Crippen LogP contribution is 2.32. The normalized spacial score (nSPS) is 15.1. The van der Waals surface area contributed by atoms with Crippen LogP contribution in [0.5, 0.6) is 5.75 Å². The van der Waals surface area contributed by atoms with E-state index in [1.165, 1.54) is 23.5 Å². The van der Waals surface area contributed by atoms with Gasteiger partial charge >= 0.3 is 6.11 Å². The van der Waals surface area contributed by atoms with Crippen molar-refractivity contribution in [3.8, 4) is 5.75 Å². The van der Waals surface area contributed by atoms with Crippen LogP contribution in [0.1, 0.15) is 40.5 Å². The smallest absolute Gasteiger partial charge is 0.394 e. The van der Waals surface area contributed by atoms with Gasteiger partial charge in [0.15, 0.2) is 17.2 Å². The number of ketones is 1. The largest absolute Gasteiger partial charge is 0.433 e. The fourth-order valence-corrected chi connectivity index (χ4v) is 6.01. The molecule has 0 aliphatic carbocycles. The highest BCUT2D eigenvalue weighted by Gasteiger charge is 2.28. The zero-order valence-electron chi connectivity index (χ0n) is 23.6. The van der Waals surface area contributed by atoms with E-state index < -0.39 is 6.11 Å². The van der Waals surface area contributed by atoms with Gasteiger partial charge in [-0.25, -0.2) is 0 Å². The molecular weight excluding hydrogens is 592 g/mol. The molecular formula is C30H27F2N7O4S. The summed E-state index contributed by atoms with van der Waals surface area (Å²) >= 11 is 1.44. The number of nitrogens with zero attached hydrogens (tertiary/aromatic N) is 6. The van der Waals surface area contributed by atoms with Gasteiger partial charge in [-0.2, -0.15) is 8.78 Å². The topological polar surface area (TPSA) is 136 Å². The first kappa shape index (κ1) is 29.2. The van der Waals surface area contributed by atoms with Gasteiger partial charge in [-0.1, -0.05) is 29.4 Å². The molecule has 11 nitrogen and oxygen atoms in total. The Morgan fingerprint density at radius 1 is 1.05 bits per heavy atom. The molecule has 5 aromatic rings. The number of hydrogen-bond donors (Lipinski definition) is 1. The third-order valence-corrected chi connectivity index (χ3v) is 8.07. The molecule has 2 aromatic carbocycles. The molecule has 0 radical (unpaired) electrons.